The summed E-state index contributed by atoms with van der Waals surface area (Å²) < 4.78 is 5.46. The molecule has 0 radical (unpaired) electrons. The number of hydrogen-bond acceptors (Lipinski definition) is 2. The summed E-state index contributed by atoms with van der Waals surface area (Å²) in [7, 11) is 0. The van der Waals surface area contributed by atoms with E-state index in [-0.39, 0.29) is 0 Å². The van der Waals surface area contributed by atoms with Crippen LogP contribution in [0.1, 0.15) is 22.7 Å². The number of morpholine rings is 1. The van der Waals surface area contributed by atoms with Crippen molar-refractivity contribution in [3.63, 3.8) is 0 Å². The van der Waals surface area contributed by atoms with Gasteiger partial charge in [-0.2, -0.15) is 0 Å². The predicted molar refractivity (Wildman–Crippen MR) is 57.5 cm³/mol. The molecule has 1 aromatic carbocycles. The molecule has 0 saturated carbocycles. The molecule has 1 aromatic rings. The van der Waals surface area contributed by atoms with Gasteiger partial charge in [0.25, 0.3) is 0 Å². The van der Waals surface area contributed by atoms with Crippen LogP contribution in [0.25, 0.3) is 0 Å². The van der Waals surface area contributed by atoms with Crippen molar-refractivity contribution < 1.29 is 4.74 Å². The molecule has 0 aromatic heterocycles. The zero-order chi connectivity index (χ0) is 9.97. The molecule has 0 spiro atoms. The largest absolute Gasteiger partial charge is 0.378 e. The Morgan fingerprint density at radius 3 is 2.86 bits per heavy atom. The molecule has 1 heterocycles. The van der Waals surface area contributed by atoms with Gasteiger partial charge in [-0.15, -0.1) is 0 Å². The lowest BCUT2D eigenvalue weighted by Crippen LogP contribution is -2.34. The van der Waals surface area contributed by atoms with Gasteiger partial charge in [0.15, 0.2) is 0 Å². The number of aryl methyl sites for hydroxylation is 2. The van der Waals surface area contributed by atoms with Crippen LogP contribution in [0.3, 0.4) is 0 Å². The first-order chi connectivity index (χ1) is 6.77. The van der Waals surface area contributed by atoms with Gasteiger partial charge in [0.1, 0.15) is 0 Å². The normalized spacial score (nSPS) is 22.3. The first-order valence-corrected chi connectivity index (χ1v) is 5.15. The standard InChI is InChI=1S/C12H17NO/c1-9-3-4-11(10(2)7-9)12-8-14-6-5-13-12/h3-4,7,12-13H,5-6,8H2,1-2H3. The van der Waals surface area contributed by atoms with Crippen LogP contribution in [0.4, 0.5) is 0 Å². The first kappa shape index (κ1) is 9.69. The Hall–Kier alpha value is -0.860. The van der Waals surface area contributed by atoms with E-state index in [2.05, 4.69) is 37.4 Å². The molecule has 0 aliphatic carbocycles. The highest BCUT2D eigenvalue weighted by atomic mass is 16.5. The van der Waals surface area contributed by atoms with E-state index >= 15 is 0 Å². The number of ether oxygens (including phenoxy) is 1. The number of rotatable bonds is 1. The van der Waals surface area contributed by atoms with Crippen LogP contribution in [-0.2, 0) is 4.74 Å². The van der Waals surface area contributed by atoms with E-state index in [1.165, 1.54) is 16.7 Å². The van der Waals surface area contributed by atoms with Gasteiger partial charge in [0.2, 0.25) is 0 Å². The van der Waals surface area contributed by atoms with Crippen LogP contribution in [-0.4, -0.2) is 19.8 Å². The summed E-state index contributed by atoms with van der Waals surface area (Å²) in [6.07, 6.45) is 0. The summed E-state index contributed by atoms with van der Waals surface area (Å²) in [6, 6.07) is 6.98. The van der Waals surface area contributed by atoms with Crippen molar-refractivity contribution in [3.8, 4) is 0 Å². The molecule has 0 amide bonds. The van der Waals surface area contributed by atoms with Gasteiger partial charge in [-0.1, -0.05) is 23.8 Å². The third-order valence-electron chi connectivity index (χ3n) is 2.72. The Bertz CT molecular complexity index is 316. The zero-order valence-electron chi connectivity index (χ0n) is 8.84. The van der Waals surface area contributed by atoms with E-state index in [1.54, 1.807) is 0 Å². The highest BCUT2D eigenvalue weighted by molar-refractivity contribution is 5.33. The molecule has 1 aliphatic rings. The minimum Gasteiger partial charge on any atom is -0.378 e. The molecular weight excluding hydrogens is 174 g/mol. The van der Waals surface area contributed by atoms with E-state index in [4.69, 9.17) is 4.74 Å². The van der Waals surface area contributed by atoms with Crippen molar-refractivity contribution in [2.24, 2.45) is 0 Å². The minimum atomic E-state index is 0.379. The molecule has 14 heavy (non-hydrogen) atoms. The zero-order valence-corrected chi connectivity index (χ0v) is 8.84. The van der Waals surface area contributed by atoms with Crippen LogP contribution in [0.5, 0.6) is 0 Å². The van der Waals surface area contributed by atoms with Crippen molar-refractivity contribution >= 4 is 0 Å². The maximum Gasteiger partial charge on any atom is 0.0662 e. The lowest BCUT2D eigenvalue weighted by Gasteiger charge is -2.25. The smallest absolute Gasteiger partial charge is 0.0662 e. The monoisotopic (exact) mass is 191 g/mol. The maximum absolute atomic E-state index is 5.46. The van der Waals surface area contributed by atoms with Gasteiger partial charge in [-0.05, 0) is 25.0 Å². The third-order valence-corrected chi connectivity index (χ3v) is 2.72. The van der Waals surface area contributed by atoms with E-state index in [9.17, 15) is 0 Å². The summed E-state index contributed by atoms with van der Waals surface area (Å²) >= 11 is 0. The second kappa shape index (κ2) is 4.11. The summed E-state index contributed by atoms with van der Waals surface area (Å²) in [5, 5.41) is 3.47. The molecule has 1 N–H and O–H groups in total. The number of hydrogen-bond donors (Lipinski definition) is 1. The maximum atomic E-state index is 5.46. The number of nitrogens with one attached hydrogen (secondary N) is 1. The van der Waals surface area contributed by atoms with Crippen LogP contribution in [0, 0.1) is 13.8 Å². The molecule has 2 heteroatoms. The Morgan fingerprint density at radius 2 is 2.21 bits per heavy atom. The summed E-state index contributed by atoms with van der Waals surface area (Å²) in [5.41, 5.74) is 4.05. The average Bonchev–Trinajstić information content (AvgIpc) is 2.19. The van der Waals surface area contributed by atoms with Crippen LogP contribution < -0.4 is 5.32 Å². The molecule has 2 nitrogen and oxygen atoms in total. The topological polar surface area (TPSA) is 21.3 Å². The molecule has 0 bridgehead atoms. The Labute approximate surface area is 85.3 Å². The second-order valence-corrected chi connectivity index (χ2v) is 3.94. The van der Waals surface area contributed by atoms with Gasteiger partial charge in [-0.25, -0.2) is 0 Å². The molecule has 2 rings (SSSR count). The fraction of sp³-hybridized carbons (Fsp3) is 0.500. The molecule has 1 saturated heterocycles. The molecule has 1 aliphatic heterocycles. The van der Waals surface area contributed by atoms with Gasteiger partial charge in [0, 0.05) is 6.54 Å². The summed E-state index contributed by atoms with van der Waals surface area (Å²) in [4.78, 5) is 0. The van der Waals surface area contributed by atoms with Gasteiger partial charge in [-0.3, -0.25) is 0 Å². The van der Waals surface area contributed by atoms with Crippen molar-refractivity contribution in [1.82, 2.24) is 5.32 Å². The lowest BCUT2D eigenvalue weighted by atomic mass is 9.99. The van der Waals surface area contributed by atoms with E-state index in [0.717, 1.165) is 19.8 Å². The fourth-order valence-electron chi connectivity index (χ4n) is 1.98. The van der Waals surface area contributed by atoms with Crippen LogP contribution in [0.2, 0.25) is 0 Å². The van der Waals surface area contributed by atoms with Crippen molar-refractivity contribution in [3.05, 3.63) is 34.9 Å². The average molecular weight is 191 g/mol. The van der Waals surface area contributed by atoms with E-state index in [0.29, 0.717) is 6.04 Å². The quantitative estimate of drug-likeness (QED) is 0.732. The summed E-state index contributed by atoms with van der Waals surface area (Å²) in [6.45, 7) is 6.88. The first-order valence-electron chi connectivity index (χ1n) is 5.15. The van der Waals surface area contributed by atoms with Gasteiger partial charge < -0.3 is 10.1 Å². The van der Waals surface area contributed by atoms with Gasteiger partial charge >= 0.3 is 0 Å². The second-order valence-electron chi connectivity index (χ2n) is 3.94. The van der Waals surface area contributed by atoms with Crippen LogP contribution in [0.15, 0.2) is 18.2 Å². The molecule has 1 atom stereocenters. The minimum absolute atomic E-state index is 0.379. The molecular formula is C12H17NO. The van der Waals surface area contributed by atoms with Crippen molar-refractivity contribution in [2.75, 3.05) is 19.8 Å². The van der Waals surface area contributed by atoms with Crippen LogP contribution >= 0.6 is 0 Å². The van der Waals surface area contributed by atoms with Gasteiger partial charge in [0.05, 0.1) is 19.3 Å². The molecule has 1 fully saturated rings. The highest BCUT2D eigenvalue weighted by Gasteiger charge is 2.16. The highest BCUT2D eigenvalue weighted by Crippen LogP contribution is 2.20. The SMILES string of the molecule is Cc1ccc(C2COCCN2)c(C)c1. The van der Waals surface area contributed by atoms with E-state index in [1.807, 2.05) is 0 Å². The third kappa shape index (κ3) is 1.97. The molecule has 76 valence electrons. The van der Waals surface area contributed by atoms with Crippen molar-refractivity contribution in [2.45, 2.75) is 19.9 Å². The molecule has 1 unspecified atom stereocenters. The predicted octanol–water partition coefficient (Wildman–Crippen LogP) is 1.96. The summed E-state index contributed by atoms with van der Waals surface area (Å²) in [5.74, 6) is 0. The Morgan fingerprint density at radius 1 is 1.36 bits per heavy atom. The lowest BCUT2D eigenvalue weighted by molar-refractivity contribution is 0.0767. The fourth-order valence-corrected chi connectivity index (χ4v) is 1.98. The number of benzene rings is 1. The van der Waals surface area contributed by atoms with E-state index < -0.39 is 0 Å². The van der Waals surface area contributed by atoms with Crippen molar-refractivity contribution in [1.29, 1.82) is 0 Å². The Kier molecular flexibility index (Phi) is 2.85. The Balaban J connectivity index is 2.22.